The Morgan fingerprint density at radius 2 is 2.00 bits per heavy atom. The Morgan fingerprint density at radius 3 is 2.72 bits per heavy atom. The van der Waals surface area contributed by atoms with E-state index in [1.54, 1.807) is 30.1 Å². The lowest BCUT2D eigenvalue weighted by Crippen LogP contribution is -2.46. The van der Waals surface area contributed by atoms with Gasteiger partial charge >= 0.3 is 0 Å². The first-order valence-electron chi connectivity index (χ1n) is 10.4. The zero-order valence-corrected chi connectivity index (χ0v) is 20.4. The predicted octanol–water partition coefficient (Wildman–Crippen LogP) is 3.94. The normalized spacial score (nSPS) is 15.3. The van der Waals surface area contributed by atoms with Crippen molar-refractivity contribution in [1.29, 1.82) is 0 Å². The zero-order valence-electron chi connectivity index (χ0n) is 18.0. The van der Waals surface area contributed by atoms with Crippen LogP contribution in [0.15, 0.2) is 40.9 Å². The number of rotatable bonds is 6. The van der Waals surface area contributed by atoms with Crippen LogP contribution in [0.2, 0.25) is 5.02 Å². The summed E-state index contributed by atoms with van der Waals surface area (Å²) in [7, 11) is -1.87. The van der Waals surface area contributed by atoms with Crippen LogP contribution >= 0.6 is 22.9 Å². The van der Waals surface area contributed by atoms with Gasteiger partial charge in [-0.15, -0.1) is 11.3 Å². The molecule has 0 spiro atoms. The number of thiazole rings is 1. The van der Waals surface area contributed by atoms with Gasteiger partial charge in [0.2, 0.25) is 20.1 Å². The third-order valence-electron chi connectivity index (χ3n) is 5.83. The lowest BCUT2D eigenvalue weighted by Gasteiger charge is -2.38. The number of amides is 1. The van der Waals surface area contributed by atoms with Gasteiger partial charge in [-0.1, -0.05) is 11.6 Å². The number of halogens is 1. The molecule has 1 aliphatic rings. The first-order valence-corrected chi connectivity index (χ1v) is 13.3. The molecular formula is C22H25ClN4O3S2. The van der Waals surface area contributed by atoms with Crippen molar-refractivity contribution >= 4 is 54.6 Å². The van der Waals surface area contributed by atoms with E-state index in [2.05, 4.69) is 20.9 Å². The van der Waals surface area contributed by atoms with Crippen LogP contribution in [0.1, 0.15) is 25.0 Å². The van der Waals surface area contributed by atoms with Gasteiger partial charge in [0.25, 0.3) is 0 Å². The summed E-state index contributed by atoms with van der Waals surface area (Å²) >= 11 is 7.07. The summed E-state index contributed by atoms with van der Waals surface area (Å²) in [6.07, 6.45) is 3.44. The molecule has 7 nitrogen and oxygen atoms in total. The number of hydrogen-bond donors (Lipinski definition) is 0. The molecule has 0 N–H and O–H groups in total. The van der Waals surface area contributed by atoms with Crippen LogP contribution in [0.4, 0.5) is 5.69 Å². The van der Waals surface area contributed by atoms with E-state index in [-0.39, 0.29) is 28.5 Å². The summed E-state index contributed by atoms with van der Waals surface area (Å²) in [6, 6.07) is 9.28. The molecule has 0 aliphatic carbocycles. The van der Waals surface area contributed by atoms with Crippen molar-refractivity contribution < 1.29 is 13.2 Å². The predicted molar refractivity (Wildman–Crippen MR) is 128 cm³/mol. The van der Waals surface area contributed by atoms with Crippen molar-refractivity contribution in [2.45, 2.75) is 36.6 Å². The smallest absolute Gasteiger partial charge is 0.223 e. The lowest BCUT2D eigenvalue weighted by molar-refractivity contribution is -0.131. The largest absolute Gasteiger partial charge is 0.371 e. The van der Waals surface area contributed by atoms with Gasteiger partial charge in [-0.2, -0.15) is 0 Å². The van der Waals surface area contributed by atoms with Crippen molar-refractivity contribution in [1.82, 2.24) is 14.9 Å². The van der Waals surface area contributed by atoms with Crippen molar-refractivity contribution in [2.24, 2.45) is 0 Å². The quantitative estimate of drug-likeness (QED) is 0.518. The SMILES string of the molecule is Cc1cc(N2CCC(N(C)C(=O)CCS(=O)(=O)c3nc4cc(Cl)ccc4s3)CC2)ccn1. The standard InChI is InChI=1S/C22H25ClN4O3S2/c1-15-13-18(5-9-24-15)27-10-6-17(7-11-27)26(2)21(28)8-12-32(29,30)22-25-19-14-16(23)3-4-20(19)31-22/h3-5,9,13-14,17H,6-8,10-12H2,1-2H3. The number of carbonyl (C=O) groups excluding carboxylic acids is 1. The number of pyridine rings is 1. The summed E-state index contributed by atoms with van der Waals surface area (Å²) in [6.45, 7) is 3.66. The van der Waals surface area contributed by atoms with Gasteiger partial charge in [-0.25, -0.2) is 13.4 Å². The van der Waals surface area contributed by atoms with Crippen LogP contribution in [0.3, 0.4) is 0 Å². The number of sulfone groups is 1. The molecule has 0 atom stereocenters. The average Bonchev–Trinajstić information content (AvgIpc) is 3.21. The topological polar surface area (TPSA) is 83.5 Å². The van der Waals surface area contributed by atoms with Crippen LogP contribution in [0, 0.1) is 6.92 Å². The average molecular weight is 493 g/mol. The minimum Gasteiger partial charge on any atom is -0.371 e. The lowest BCUT2D eigenvalue weighted by atomic mass is 10.0. The summed E-state index contributed by atoms with van der Waals surface area (Å²) in [5, 5.41) is 0.508. The summed E-state index contributed by atoms with van der Waals surface area (Å²) in [4.78, 5) is 25.2. The van der Waals surface area contributed by atoms with E-state index in [4.69, 9.17) is 11.6 Å². The van der Waals surface area contributed by atoms with E-state index in [1.165, 1.54) is 0 Å². The number of hydrogen-bond acceptors (Lipinski definition) is 7. The van der Waals surface area contributed by atoms with Crippen LogP contribution in [-0.2, 0) is 14.6 Å². The maximum atomic E-state index is 12.7. The molecule has 3 heterocycles. The molecule has 0 unspecified atom stereocenters. The van der Waals surface area contributed by atoms with E-state index >= 15 is 0 Å². The molecule has 32 heavy (non-hydrogen) atoms. The fourth-order valence-electron chi connectivity index (χ4n) is 3.94. The second kappa shape index (κ2) is 9.33. The third-order valence-corrected chi connectivity index (χ3v) is 9.27. The molecule has 2 aromatic heterocycles. The van der Waals surface area contributed by atoms with E-state index in [0.717, 1.165) is 53.3 Å². The molecule has 0 saturated carbocycles. The third kappa shape index (κ3) is 5.05. The number of benzene rings is 1. The Balaban J connectivity index is 1.33. The maximum Gasteiger partial charge on any atom is 0.223 e. The van der Waals surface area contributed by atoms with Gasteiger partial charge in [-0.05, 0) is 50.1 Å². The Bertz CT molecular complexity index is 1240. The summed E-state index contributed by atoms with van der Waals surface area (Å²) < 4.78 is 26.3. The number of aryl methyl sites for hydroxylation is 1. The van der Waals surface area contributed by atoms with E-state index < -0.39 is 9.84 Å². The van der Waals surface area contributed by atoms with E-state index in [0.29, 0.717) is 10.5 Å². The van der Waals surface area contributed by atoms with Gasteiger partial charge in [0, 0.05) is 55.2 Å². The Hall–Kier alpha value is -2.23. The molecule has 4 rings (SSSR count). The van der Waals surface area contributed by atoms with Gasteiger partial charge in [0.1, 0.15) is 0 Å². The highest BCUT2D eigenvalue weighted by atomic mass is 35.5. The van der Waals surface area contributed by atoms with Crippen LogP contribution < -0.4 is 4.90 Å². The molecule has 3 aromatic rings. The number of carbonyl (C=O) groups is 1. The molecule has 10 heteroatoms. The number of fused-ring (bicyclic) bond motifs is 1. The zero-order chi connectivity index (χ0) is 22.9. The number of aromatic nitrogens is 2. The molecule has 1 amide bonds. The van der Waals surface area contributed by atoms with Gasteiger partial charge in [0.05, 0.1) is 16.0 Å². The Kier molecular flexibility index (Phi) is 6.69. The maximum absolute atomic E-state index is 12.7. The monoisotopic (exact) mass is 492 g/mol. The highest BCUT2D eigenvalue weighted by molar-refractivity contribution is 7.93. The van der Waals surface area contributed by atoms with Crippen LogP contribution in [-0.4, -0.2) is 61.1 Å². The van der Waals surface area contributed by atoms with Crippen molar-refractivity contribution in [3.8, 4) is 0 Å². The highest BCUT2D eigenvalue weighted by Gasteiger charge is 2.27. The minimum atomic E-state index is -3.64. The number of anilines is 1. The molecule has 0 radical (unpaired) electrons. The molecular weight excluding hydrogens is 468 g/mol. The number of piperidine rings is 1. The molecule has 170 valence electrons. The van der Waals surface area contributed by atoms with Crippen molar-refractivity contribution in [3.05, 3.63) is 47.2 Å². The van der Waals surface area contributed by atoms with Crippen LogP contribution in [0.25, 0.3) is 10.2 Å². The van der Waals surface area contributed by atoms with Crippen LogP contribution in [0.5, 0.6) is 0 Å². The first-order chi connectivity index (χ1) is 15.2. The first kappa shape index (κ1) is 22.9. The summed E-state index contributed by atoms with van der Waals surface area (Å²) in [5.41, 5.74) is 2.68. The van der Waals surface area contributed by atoms with Gasteiger partial charge in [0.15, 0.2) is 0 Å². The molecule has 1 saturated heterocycles. The second-order valence-corrected chi connectivity index (χ2v) is 11.8. The molecule has 1 aromatic carbocycles. The second-order valence-electron chi connectivity index (χ2n) is 8.04. The number of nitrogens with zero attached hydrogens (tertiary/aromatic N) is 4. The molecule has 1 aliphatic heterocycles. The summed E-state index contributed by atoms with van der Waals surface area (Å²) in [5.74, 6) is -0.408. The van der Waals surface area contributed by atoms with Crippen molar-refractivity contribution in [2.75, 3.05) is 30.8 Å². The van der Waals surface area contributed by atoms with Gasteiger partial charge in [-0.3, -0.25) is 9.78 Å². The fourth-order valence-corrected chi connectivity index (χ4v) is 6.67. The highest BCUT2D eigenvalue weighted by Crippen LogP contribution is 2.29. The minimum absolute atomic E-state index is 0.0335. The van der Waals surface area contributed by atoms with Gasteiger partial charge < -0.3 is 9.80 Å². The fraction of sp³-hybridized carbons (Fsp3) is 0.409. The molecule has 1 fully saturated rings. The Morgan fingerprint density at radius 1 is 1.25 bits per heavy atom. The van der Waals surface area contributed by atoms with E-state index in [1.807, 2.05) is 19.2 Å². The van der Waals surface area contributed by atoms with E-state index in [9.17, 15) is 13.2 Å². The van der Waals surface area contributed by atoms with Crippen molar-refractivity contribution in [3.63, 3.8) is 0 Å². The molecule has 0 bridgehead atoms. The Labute approximate surface area is 197 Å².